The van der Waals surface area contributed by atoms with E-state index in [1.54, 1.807) is 0 Å². The molecule has 2 aromatic rings. The van der Waals surface area contributed by atoms with E-state index in [4.69, 9.17) is 0 Å². The Balaban J connectivity index is 1.73. The Labute approximate surface area is 144 Å². The summed E-state index contributed by atoms with van der Waals surface area (Å²) in [6.45, 7) is 5.96. The first-order valence-electron chi connectivity index (χ1n) is 8.67. The summed E-state index contributed by atoms with van der Waals surface area (Å²) in [6.07, 6.45) is 0.0758. The first-order valence-corrected chi connectivity index (χ1v) is 8.67. The van der Waals surface area contributed by atoms with Crippen LogP contribution >= 0.6 is 0 Å². The van der Waals surface area contributed by atoms with Crippen molar-refractivity contribution < 1.29 is 13.2 Å². The zero-order valence-electron chi connectivity index (χ0n) is 14.2. The highest BCUT2D eigenvalue weighted by atomic mass is 19.4. The number of fused-ring (bicyclic) bond motifs is 1. The summed E-state index contributed by atoms with van der Waals surface area (Å²) in [5.41, 5.74) is -0.968. The predicted octanol–water partition coefficient (Wildman–Crippen LogP) is 3.54. The summed E-state index contributed by atoms with van der Waals surface area (Å²) in [4.78, 5) is 19.0. The van der Waals surface area contributed by atoms with E-state index in [9.17, 15) is 18.0 Å². The molecule has 0 aliphatic carbocycles. The van der Waals surface area contributed by atoms with Crippen LogP contribution in [0, 0.1) is 5.92 Å². The topological polar surface area (TPSA) is 38.1 Å². The van der Waals surface area contributed by atoms with E-state index in [1.807, 2.05) is 0 Å². The molecule has 3 rings (SSSR count). The molecule has 0 saturated carbocycles. The van der Waals surface area contributed by atoms with Gasteiger partial charge in [0.15, 0.2) is 0 Å². The van der Waals surface area contributed by atoms with Crippen molar-refractivity contribution >= 4 is 10.9 Å². The van der Waals surface area contributed by atoms with Crippen LogP contribution in [0.2, 0.25) is 0 Å². The average Bonchev–Trinajstić information content (AvgIpc) is 2.60. The van der Waals surface area contributed by atoms with Crippen LogP contribution in [0.15, 0.2) is 29.3 Å². The average molecular weight is 353 g/mol. The van der Waals surface area contributed by atoms with Gasteiger partial charge in [-0.25, -0.2) is 4.98 Å². The standard InChI is InChI=1S/C18H22F3N3O/c1-2-23-8-5-13(6-9-23)7-10-24-12-22-16-11-14(18(19,20)21)3-4-15(16)17(24)25/h3-4,11-13H,2,5-10H2,1H3. The molecule has 25 heavy (non-hydrogen) atoms. The molecule has 0 spiro atoms. The maximum Gasteiger partial charge on any atom is 0.416 e. The van der Waals surface area contributed by atoms with Crippen molar-refractivity contribution in [2.24, 2.45) is 5.92 Å². The number of likely N-dealkylation sites (tertiary alicyclic amines) is 1. The van der Waals surface area contributed by atoms with Gasteiger partial charge in [0.05, 0.1) is 22.8 Å². The van der Waals surface area contributed by atoms with Crippen molar-refractivity contribution in [1.29, 1.82) is 0 Å². The minimum Gasteiger partial charge on any atom is -0.304 e. The molecule has 2 heterocycles. The van der Waals surface area contributed by atoms with Gasteiger partial charge in [0.25, 0.3) is 5.56 Å². The minimum absolute atomic E-state index is 0.0901. The number of halogens is 3. The molecule has 1 aromatic heterocycles. The maximum absolute atomic E-state index is 12.8. The van der Waals surface area contributed by atoms with Gasteiger partial charge in [-0.2, -0.15) is 13.2 Å². The summed E-state index contributed by atoms with van der Waals surface area (Å²) in [5.74, 6) is 0.581. The van der Waals surface area contributed by atoms with Crippen molar-refractivity contribution in [3.8, 4) is 0 Å². The lowest BCUT2D eigenvalue weighted by Crippen LogP contribution is -2.34. The second kappa shape index (κ2) is 7.15. The third-order valence-electron chi connectivity index (χ3n) is 5.09. The Bertz CT molecular complexity index is 792. The third-order valence-corrected chi connectivity index (χ3v) is 5.09. The van der Waals surface area contributed by atoms with Crippen LogP contribution in [-0.4, -0.2) is 34.1 Å². The van der Waals surface area contributed by atoms with Crippen molar-refractivity contribution in [2.75, 3.05) is 19.6 Å². The highest BCUT2D eigenvalue weighted by Crippen LogP contribution is 2.30. The fourth-order valence-corrected chi connectivity index (χ4v) is 3.41. The quantitative estimate of drug-likeness (QED) is 0.844. The molecule has 0 N–H and O–H groups in total. The molecule has 0 amide bonds. The fourth-order valence-electron chi connectivity index (χ4n) is 3.41. The SMILES string of the molecule is CCN1CCC(CCn2cnc3cc(C(F)(F)F)ccc3c2=O)CC1. The van der Waals surface area contributed by atoms with Crippen molar-refractivity contribution in [3.63, 3.8) is 0 Å². The van der Waals surface area contributed by atoms with E-state index < -0.39 is 11.7 Å². The number of hydrogen-bond donors (Lipinski definition) is 0. The summed E-state index contributed by atoms with van der Waals surface area (Å²) in [6, 6.07) is 3.10. The predicted molar refractivity (Wildman–Crippen MR) is 90.5 cm³/mol. The number of piperidine rings is 1. The van der Waals surface area contributed by atoms with E-state index >= 15 is 0 Å². The second-order valence-corrected chi connectivity index (χ2v) is 6.64. The Morgan fingerprint density at radius 3 is 2.60 bits per heavy atom. The Morgan fingerprint density at radius 1 is 1.24 bits per heavy atom. The molecule has 0 bridgehead atoms. The minimum atomic E-state index is -4.43. The van der Waals surface area contributed by atoms with Gasteiger partial charge in [-0.15, -0.1) is 0 Å². The number of nitrogens with zero attached hydrogens (tertiary/aromatic N) is 3. The Hall–Kier alpha value is -1.89. The zero-order valence-corrected chi connectivity index (χ0v) is 14.2. The molecule has 1 aromatic carbocycles. The van der Waals surface area contributed by atoms with Gasteiger partial charge in [0.2, 0.25) is 0 Å². The highest BCUT2D eigenvalue weighted by molar-refractivity contribution is 5.78. The molecule has 1 fully saturated rings. The monoisotopic (exact) mass is 353 g/mol. The maximum atomic E-state index is 12.8. The lowest BCUT2D eigenvalue weighted by Gasteiger charge is -2.31. The van der Waals surface area contributed by atoms with Crippen molar-refractivity contribution in [1.82, 2.24) is 14.5 Å². The smallest absolute Gasteiger partial charge is 0.304 e. The Kier molecular flexibility index (Phi) is 5.13. The third kappa shape index (κ3) is 4.03. The first-order chi connectivity index (χ1) is 11.9. The summed E-state index contributed by atoms with van der Waals surface area (Å²) in [7, 11) is 0. The Morgan fingerprint density at radius 2 is 1.96 bits per heavy atom. The number of benzene rings is 1. The van der Waals surface area contributed by atoms with E-state index in [2.05, 4.69) is 16.8 Å². The molecule has 0 unspecified atom stereocenters. The van der Waals surface area contributed by atoms with E-state index in [-0.39, 0.29) is 16.5 Å². The van der Waals surface area contributed by atoms with Crippen LogP contribution in [0.5, 0.6) is 0 Å². The molecule has 136 valence electrons. The lowest BCUT2D eigenvalue weighted by atomic mass is 9.93. The van der Waals surface area contributed by atoms with Gasteiger partial charge in [0, 0.05) is 6.54 Å². The zero-order chi connectivity index (χ0) is 18.0. The normalized spacial score (nSPS) is 17.3. The lowest BCUT2D eigenvalue weighted by molar-refractivity contribution is -0.137. The van der Waals surface area contributed by atoms with Crippen molar-refractivity contribution in [3.05, 3.63) is 40.4 Å². The second-order valence-electron chi connectivity index (χ2n) is 6.64. The van der Waals surface area contributed by atoms with Gasteiger partial charge in [-0.05, 0) is 63.0 Å². The van der Waals surface area contributed by atoms with E-state index in [0.29, 0.717) is 12.5 Å². The molecule has 0 radical (unpaired) electrons. The van der Waals surface area contributed by atoms with Crippen LogP contribution in [0.1, 0.15) is 31.7 Å². The first kappa shape index (κ1) is 17.9. The number of aryl methyl sites for hydroxylation is 1. The number of aromatic nitrogens is 2. The molecule has 1 saturated heterocycles. The van der Waals surface area contributed by atoms with E-state index in [0.717, 1.165) is 51.0 Å². The highest BCUT2D eigenvalue weighted by Gasteiger charge is 2.30. The molecule has 7 heteroatoms. The molecule has 0 atom stereocenters. The van der Waals surface area contributed by atoms with Gasteiger partial charge >= 0.3 is 6.18 Å². The van der Waals surface area contributed by atoms with Gasteiger partial charge in [0.1, 0.15) is 0 Å². The molecular formula is C18H22F3N3O. The molecule has 4 nitrogen and oxygen atoms in total. The van der Waals surface area contributed by atoms with E-state index in [1.165, 1.54) is 17.0 Å². The summed E-state index contributed by atoms with van der Waals surface area (Å²) < 4.78 is 39.8. The number of hydrogen-bond acceptors (Lipinski definition) is 3. The largest absolute Gasteiger partial charge is 0.416 e. The fraction of sp³-hybridized carbons (Fsp3) is 0.556. The number of alkyl halides is 3. The number of rotatable bonds is 4. The van der Waals surface area contributed by atoms with Crippen LogP contribution in [0.25, 0.3) is 10.9 Å². The van der Waals surface area contributed by atoms with Crippen LogP contribution < -0.4 is 5.56 Å². The molecular weight excluding hydrogens is 331 g/mol. The molecule has 1 aliphatic rings. The van der Waals surface area contributed by atoms with Gasteiger partial charge < -0.3 is 4.90 Å². The van der Waals surface area contributed by atoms with Crippen LogP contribution in [-0.2, 0) is 12.7 Å². The van der Waals surface area contributed by atoms with Crippen LogP contribution in [0.3, 0.4) is 0 Å². The van der Waals surface area contributed by atoms with Crippen molar-refractivity contribution in [2.45, 2.75) is 38.9 Å². The summed E-state index contributed by atoms with van der Waals surface area (Å²) in [5, 5.41) is 0.233. The van der Waals surface area contributed by atoms with Crippen LogP contribution in [0.4, 0.5) is 13.2 Å². The van der Waals surface area contributed by atoms with Gasteiger partial charge in [-0.1, -0.05) is 6.92 Å². The molecule has 1 aliphatic heterocycles. The van der Waals surface area contributed by atoms with Gasteiger partial charge in [-0.3, -0.25) is 9.36 Å². The summed E-state index contributed by atoms with van der Waals surface area (Å²) >= 11 is 0.